The van der Waals surface area contributed by atoms with Gasteiger partial charge >= 0.3 is 0 Å². The molecule has 1 aromatic carbocycles. The van der Waals surface area contributed by atoms with Crippen molar-refractivity contribution < 1.29 is 8.42 Å². The Kier molecular flexibility index (Phi) is 6.50. The molecule has 0 saturated carbocycles. The highest BCUT2D eigenvalue weighted by Crippen LogP contribution is 2.24. The minimum Gasteiger partial charge on any atom is -0.310 e. The minimum absolute atomic E-state index is 0.211. The largest absolute Gasteiger partial charge is 0.310 e. The van der Waals surface area contributed by atoms with Crippen molar-refractivity contribution >= 4 is 25.8 Å². The van der Waals surface area contributed by atoms with Crippen molar-refractivity contribution in [2.24, 2.45) is 0 Å². The zero-order valence-electron chi connectivity index (χ0n) is 11.7. The molecule has 19 heavy (non-hydrogen) atoms. The molecule has 0 spiro atoms. The Morgan fingerprint density at radius 2 is 2.00 bits per heavy atom. The highest BCUT2D eigenvalue weighted by molar-refractivity contribution is 9.10. The van der Waals surface area contributed by atoms with Gasteiger partial charge in [0.2, 0.25) is 0 Å². The summed E-state index contributed by atoms with van der Waals surface area (Å²) in [7, 11) is -2.87. The van der Waals surface area contributed by atoms with Gasteiger partial charge in [0.15, 0.2) is 0 Å². The molecular weight excluding hydrogens is 326 g/mol. The maximum Gasteiger partial charge on any atom is 0.147 e. The van der Waals surface area contributed by atoms with Crippen LogP contribution in [0.4, 0.5) is 0 Å². The van der Waals surface area contributed by atoms with E-state index in [-0.39, 0.29) is 11.8 Å². The van der Waals surface area contributed by atoms with Gasteiger partial charge in [0.05, 0.1) is 0 Å². The third kappa shape index (κ3) is 6.54. The molecular formula is C14H22BrNO2S. The summed E-state index contributed by atoms with van der Waals surface area (Å²) in [6.45, 7) is 5.00. The summed E-state index contributed by atoms with van der Waals surface area (Å²) in [4.78, 5) is 0. The standard InChI is InChI=1S/C14H22BrNO2S/c1-4-16-14(6-5-7-19(3,17)18)12-8-11(2)9-13(15)10-12/h8-10,14,16H,4-7H2,1-3H3. The van der Waals surface area contributed by atoms with Gasteiger partial charge in [-0.3, -0.25) is 0 Å². The summed E-state index contributed by atoms with van der Waals surface area (Å²) >= 11 is 3.51. The number of benzene rings is 1. The number of aryl methyl sites for hydroxylation is 1. The second kappa shape index (κ2) is 7.41. The normalized spacial score (nSPS) is 13.5. The molecule has 5 heteroatoms. The van der Waals surface area contributed by atoms with E-state index in [1.807, 2.05) is 0 Å². The highest BCUT2D eigenvalue weighted by Gasteiger charge is 2.12. The zero-order valence-corrected chi connectivity index (χ0v) is 14.1. The molecule has 1 N–H and O–H groups in total. The van der Waals surface area contributed by atoms with Crippen molar-refractivity contribution in [2.75, 3.05) is 18.6 Å². The molecule has 108 valence electrons. The second-order valence-corrected chi connectivity index (χ2v) is 8.12. The SMILES string of the molecule is CCNC(CCCS(C)(=O)=O)c1cc(C)cc(Br)c1. The van der Waals surface area contributed by atoms with Crippen molar-refractivity contribution in [2.45, 2.75) is 32.7 Å². The van der Waals surface area contributed by atoms with Crippen molar-refractivity contribution in [1.82, 2.24) is 5.32 Å². The molecule has 1 atom stereocenters. The van der Waals surface area contributed by atoms with Gasteiger partial charge in [0.1, 0.15) is 9.84 Å². The molecule has 1 rings (SSSR count). The van der Waals surface area contributed by atoms with Crippen molar-refractivity contribution in [3.05, 3.63) is 33.8 Å². The maximum atomic E-state index is 11.2. The first kappa shape index (κ1) is 16.7. The van der Waals surface area contributed by atoms with Crippen LogP contribution in [0.5, 0.6) is 0 Å². The Morgan fingerprint density at radius 3 is 2.53 bits per heavy atom. The summed E-state index contributed by atoms with van der Waals surface area (Å²) in [5.74, 6) is 0.252. The monoisotopic (exact) mass is 347 g/mol. The van der Waals surface area contributed by atoms with E-state index in [1.54, 1.807) is 0 Å². The predicted molar refractivity (Wildman–Crippen MR) is 84.2 cm³/mol. The lowest BCUT2D eigenvalue weighted by Crippen LogP contribution is -2.21. The first-order valence-corrected chi connectivity index (χ1v) is 9.35. The molecule has 0 amide bonds. The van der Waals surface area contributed by atoms with Crippen molar-refractivity contribution in [1.29, 1.82) is 0 Å². The van der Waals surface area contributed by atoms with E-state index in [2.05, 4.69) is 53.3 Å². The van der Waals surface area contributed by atoms with E-state index >= 15 is 0 Å². The van der Waals surface area contributed by atoms with Crippen LogP contribution in [-0.4, -0.2) is 27.0 Å². The fraction of sp³-hybridized carbons (Fsp3) is 0.571. The molecule has 1 unspecified atom stereocenters. The molecule has 0 aliphatic carbocycles. The van der Waals surface area contributed by atoms with E-state index in [4.69, 9.17) is 0 Å². The van der Waals surface area contributed by atoms with Gasteiger partial charge in [0, 0.05) is 22.5 Å². The molecule has 0 saturated heterocycles. The average Bonchev–Trinajstić information content (AvgIpc) is 2.25. The summed E-state index contributed by atoms with van der Waals surface area (Å²) in [5, 5.41) is 3.42. The predicted octanol–water partition coefficient (Wildman–Crippen LogP) is 3.23. The Labute approximate surface area is 124 Å². The van der Waals surface area contributed by atoms with E-state index in [0.717, 1.165) is 17.4 Å². The Hall–Kier alpha value is -0.390. The summed E-state index contributed by atoms with van der Waals surface area (Å²) < 4.78 is 23.4. The second-order valence-electron chi connectivity index (χ2n) is 4.94. The van der Waals surface area contributed by atoms with Gasteiger partial charge in [0.25, 0.3) is 0 Å². The zero-order chi connectivity index (χ0) is 14.5. The maximum absolute atomic E-state index is 11.2. The lowest BCUT2D eigenvalue weighted by Gasteiger charge is -2.19. The number of hydrogen-bond donors (Lipinski definition) is 1. The number of hydrogen-bond acceptors (Lipinski definition) is 3. The van der Waals surface area contributed by atoms with Crippen molar-refractivity contribution in [3.8, 4) is 0 Å². The number of rotatable bonds is 7. The van der Waals surface area contributed by atoms with Gasteiger partial charge in [-0.2, -0.15) is 0 Å². The third-order valence-electron chi connectivity index (χ3n) is 2.93. The van der Waals surface area contributed by atoms with Gasteiger partial charge in [-0.05, 0) is 49.6 Å². The molecule has 0 heterocycles. The fourth-order valence-corrected chi connectivity index (χ4v) is 3.46. The van der Waals surface area contributed by atoms with Crippen LogP contribution in [0.15, 0.2) is 22.7 Å². The quantitative estimate of drug-likeness (QED) is 0.823. The van der Waals surface area contributed by atoms with Crippen LogP contribution >= 0.6 is 15.9 Å². The number of sulfone groups is 1. The van der Waals surface area contributed by atoms with Gasteiger partial charge in [-0.25, -0.2) is 8.42 Å². The van der Waals surface area contributed by atoms with Crippen LogP contribution in [-0.2, 0) is 9.84 Å². The van der Waals surface area contributed by atoms with Crippen molar-refractivity contribution in [3.63, 3.8) is 0 Å². The molecule has 0 aliphatic heterocycles. The molecule has 0 fully saturated rings. The first-order valence-electron chi connectivity index (χ1n) is 6.50. The number of halogens is 1. The van der Waals surface area contributed by atoms with E-state index in [0.29, 0.717) is 6.42 Å². The molecule has 0 radical (unpaired) electrons. The molecule has 1 aromatic rings. The third-order valence-corrected chi connectivity index (χ3v) is 4.41. The van der Waals surface area contributed by atoms with Gasteiger partial charge in [-0.15, -0.1) is 0 Å². The molecule has 0 bridgehead atoms. The Bertz CT molecular complexity index is 494. The summed E-state index contributed by atoms with van der Waals surface area (Å²) in [5.41, 5.74) is 2.41. The fourth-order valence-electron chi connectivity index (χ4n) is 2.15. The lowest BCUT2D eigenvalue weighted by molar-refractivity contribution is 0.506. The van der Waals surface area contributed by atoms with Gasteiger partial charge in [-0.1, -0.05) is 28.9 Å². The smallest absolute Gasteiger partial charge is 0.147 e. The van der Waals surface area contributed by atoms with Crippen LogP contribution in [0.3, 0.4) is 0 Å². The van der Waals surface area contributed by atoms with Crippen LogP contribution in [0.2, 0.25) is 0 Å². The molecule has 0 aliphatic rings. The van der Waals surface area contributed by atoms with E-state index in [9.17, 15) is 8.42 Å². The topological polar surface area (TPSA) is 46.2 Å². The number of nitrogens with one attached hydrogen (secondary N) is 1. The Balaban J connectivity index is 2.76. The highest BCUT2D eigenvalue weighted by atomic mass is 79.9. The van der Waals surface area contributed by atoms with Crippen LogP contribution in [0.25, 0.3) is 0 Å². The minimum atomic E-state index is -2.87. The molecule has 0 aromatic heterocycles. The Morgan fingerprint density at radius 1 is 1.32 bits per heavy atom. The summed E-state index contributed by atoms with van der Waals surface area (Å²) in [6, 6.07) is 6.53. The summed E-state index contributed by atoms with van der Waals surface area (Å²) in [6.07, 6.45) is 2.80. The lowest BCUT2D eigenvalue weighted by atomic mass is 10.0. The van der Waals surface area contributed by atoms with E-state index < -0.39 is 9.84 Å². The molecule has 3 nitrogen and oxygen atoms in total. The van der Waals surface area contributed by atoms with Crippen LogP contribution in [0, 0.1) is 6.92 Å². The average molecular weight is 348 g/mol. The van der Waals surface area contributed by atoms with E-state index in [1.165, 1.54) is 17.4 Å². The van der Waals surface area contributed by atoms with Crippen LogP contribution < -0.4 is 5.32 Å². The van der Waals surface area contributed by atoms with Crippen LogP contribution in [0.1, 0.15) is 36.9 Å². The first-order chi connectivity index (χ1) is 8.81. The van der Waals surface area contributed by atoms with Gasteiger partial charge < -0.3 is 5.32 Å².